The van der Waals surface area contributed by atoms with Crippen molar-refractivity contribution in [2.45, 2.75) is 4.90 Å². The molecule has 0 atom stereocenters. The van der Waals surface area contributed by atoms with Crippen LogP contribution in [0.25, 0.3) is 5.69 Å². The van der Waals surface area contributed by atoms with E-state index in [4.69, 9.17) is 5.26 Å². The van der Waals surface area contributed by atoms with Gasteiger partial charge in [0, 0.05) is 0 Å². The van der Waals surface area contributed by atoms with Gasteiger partial charge in [0.05, 0.1) is 5.69 Å². The Morgan fingerprint density at radius 1 is 1.28 bits per heavy atom. The average Bonchev–Trinajstić information content (AvgIpc) is 2.39. The Hall–Kier alpha value is -2.26. The summed E-state index contributed by atoms with van der Waals surface area (Å²) in [6.07, 6.45) is 1.69. The van der Waals surface area contributed by atoms with Crippen LogP contribution in [0.3, 0.4) is 0 Å². The third-order valence-corrected chi connectivity index (χ3v) is 3.18. The van der Waals surface area contributed by atoms with Crippen LogP contribution in [0.1, 0.15) is 5.69 Å². The number of nitrogens with one attached hydrogen (secondary N) is 1. The molecule has 1 aromatic heterocycles. The largest absolute Gasteiger partial charge is 0.334 e. The van der Waals surface area contributed by atoms with E-state index in [1.54, 1.807) is 36.6 Å². The highest BCUT2D eigenvalue weighted by atomic mass is 32.2. The minimum Gasteiger partial charge on any atom is -0.297 e. The van der Waals surface area contributed by atoms with Gasteiger partial charge in [-0.1, -0.05) is 18.2 Å². The SMILES string of the molecule is CSc1c(C#N)[nH]c(=O)n(-c2ccccc2)c1=O. The summed E-state index contributed by atoms with van der Waals surface area (Å²) < 4.78 is 1.02. The lowest BCUT2D eigenvalue weighted by atomic mass is 10.3. The molecule has 5 nitrogen and oxygen atoms in total. The molecular formula is C12H9N3O2S. The van der Waals surface area contributed by atoms with Gasteiger partial charge in [0.2, 0.25) is 0 Å². The number of hydrogen-bond donors (Lipinski definition) is 1. The van der Waals surface area contributed by atoms with Crippen LogP contribution in [-0.2, 0) is 0 Å². The van der Waals surface area contributed by atoms with Crippen molar-refractivity contribution in [1.29, 1.82) is 5.26 Å². The van der Waals surface area contributed by atoms with Crippen LogP contribution in [-0.4, -0.2) is 15.8 Å². The van der Waals surface area contributed by atoms with Gasteiger partial charge in [-0.25, -0.2) is 9.36 Å². The van der Waals surface area contributed by atoms with Crippen molar-refractivity contribution in [3.05, 3.63) is 56.9 Å². The van der Waals surface area contributed by atoms with Gasteiger partial charge in [0.15, 0.2) is 0 Å². The van der Waals surface area contributed by atoms with Crippen molar-refractivity contribution in [2.24, 2.45) is 0 Å². The van der Waals surface area contributed by atoms with Crippen LogP contribution < -0.4 is 11.2 Å². The number of nitriles is 1. The second kappa shape index (κ2) is 4.94. The number of aromatic amines is 1. The maximum atomic E-state index is 12.2. The summed E-state index contributed by atoms with van der Waals surface area (Å²) in [4.78, 5) is 26.7. The molecule has 0 spiro atoms. The van der Waals surface area contributed by atoms with E-state index in [1.165, 1.54) is 0 Å². The molecule has 1 heterocycles. The molecule has 0 amide bonds. The molecule has 1 N–H and O–H groups in total. The predicted molar refractivity (Wildman–Crippen MR) is 69.2 cm³/mol. The third kappa shape index (κ3) is 1.96. The van der Waals surface area contributed by atoms with Crippen molar-refractivity contribution < 1.29 is 0 Å². The van der Waals surface area contributed by atoms with Gasteiger partial charge in [-0.2, -0.15) is 5.26 Å². The summed E-state index contributed by atoms with van der Waals surface area (Å²) in [6, 6.07) is 10.4. The first kappa shape index (κ1) is 12.2. The monoisotopic (exact) mass is 259 g/mol. The lowest BCUT2D eigenvalue weighted by Gasteiger charge is -2.06. The maximum Gasteiger partial charge on any atom is 0.334 e. The Labute approximate surface area is 107 Å². The van der Waals surface area contributed by atoms with E-state index >= 15 is 0 Å². The zero-order chi connectivity index (χ0) is 13.1. The van der Waals surface area contributed by atoms with Crippen molar-refractivity contribution in [3.8, 4) is 11.8 Å². The number of aromatic nitrogens is 2. The standard InChI is InChI=1S/C12H9N3O2S/c1-18-10-9(7-13)14-12(17)15(11(10)16)8-5-3-2-4-6-8/h2-6H,1H3,(H,14,17). The maximum absolute atomic E-state index is 12.2. The highest BCUT2D eigenvalue weighted by Crippen LogP contribution is 2.12. The van der Waals surface area contributed by atoms with Crippen LogP contribution in [0.5, 0.6) is 0 Å². The molecule has 6 heteroatoms. The highest BCUT2D eigenvalue weighted by molar-refractivity contribution is 7.98. The van der Waals surface area contributed by atoms with Gasteiger partial charge >= 0.3 is 5.69 Å². The quantitative estimate of drug-likeness (QED) is 0.820. The smallest absolute Gasteiger partial charge is 0.297 e. The van der Waals surface area contributed by atoms with Gasteiger partial charge in [0.1, 0.15) is 16.7 Å². The van der Waals surface area contributed by atoms with Gasteiger partial charge in [-0.15, -0.1) is 11.8 Å². The topological polar surface area (TPSA) is 78.7 Å². The third-order valence-electron chi connectivity index (χ3n) is 2.39. The molecule has 90 valence electrons. The lowest BCUT2D eigenvalue weighted by Crippen LogP contribution is -2.35. The molecule has 18 heavy (non-hydrogen) atoms. The molecule has 0 bridgehead atoms. The van der Waals surface area contributed by atoms with E-state index in [2.05, 4.69) is 4.98 Å². The number of hydrogen-bond acceptors (Lipinski definition) is 4. The minimum absolute atomic E-state index is 0.00433. The normalized spacial score (nSPS) is 10.0. The molecule has 0 radical (unpaired) electrons. The van der Waals surface area contributed by atoms with Crippen molar-refractivity contribution in [2.75, 3.05) is 6.26 Å². The van der Waals surface area contributed by atoms with E-state index in [1.807, 2.05) is 6.07 Å². The molecule has 1 aromatic carbocycles. The summed E-state index contributed by atoms with van der Waals surface area (Å²) in [7, 11) is 0. The van der Waals surface area contributed by atoms with Crippen LogP contribution in [0.15, 0.2) is 44.8 Å². The molecule has 2 aromatic rings. The van der Waals surface area contributed by atoms with E-state index in [-0.39, 0.29) is 10.6 Å². The van der Waals surface area contributed by atoms with Crippen LogP contribution in [0, 0.1) is 11.3 Å². The van der Waals surface area contributed by atoms with Gasteiger partial charge in [-0.05, 0) is 18.4 Å². The highest BCUT2D eigenvalue weighted by Gasteiger charge is 2.13. The summed E-state index contributed by atoms with van der Waals surface area (Å²) in [5.41, 5.74) is -0.609. The summed E-state index contributed by atoms with van der Waals surface area (Å²) in [6.45, 7) is 0. The number of benzene rings is 1. The van der Waals surface area contributed by atoms with E-state index < -0.39 is 11.2 Å². The number of para-hydroxylation sites is 1. The van der Waals surface area contributed by atoms with Crippen LogP contribution in [0.4, 0.5) is 0 Å². The molecule has 2 rings (SSSR count). The van der Waals surface area contributed by atoms with Gasteiger partial charge in [0.25, 0.3) is 5.56 Å². The zero-order valence-corrected chi connectivity index (χ0v) is 10.3. The molecular weight excluding hydrogens is 250 g/mol. The summed E-state index contributed by atoms with van der Waals surface area (Å²) in [5.74, 6) is 0. The molecule has 0 unspecified atom stereocenters. The first-order chi connectivity index (χ1) is 8.69. The predicted octanol–water partition coefficient (Wildman–Crippen LogP) is 1.12. The van der Waals surface area contributed by atoms with Crippen molar-refractivity contribution >= 4 is 11.8 Å². The number of rotatable bonds is 2. The molecule has 0 saturated carbocycles. The van der Waals surface area contributed by atoms with E-state index in [9.17, 15) is 9.59 Å². The van der Waals surface area contributed by atoms with Crippen LogP contribution in [0.2, 0.25) is 0 Å². The fourth-order valence-electron chi connectivity index (χ4n) is 1.60. The Kier molecular flexibility index (Phi) is 3.35. The summed E-state index contributed by atoms with van der Waals surface area (Å²) >= 11 is 1.14. The number of H-pyrrole nitrogens is 1. The number of nitrogens with zero attached hydrogens (tertiary/aromatic N) is 2. The first-order valence-corrected chi connectivity index (χ1v) is 6.30. The molecule has 0 fully saturated rings. The first-order valence-electron chi connectivity index (χ1n) is 5.08. The fourth-order valence-corrected chi connectivity index (χ4v) is 2.17. The van der Waals surface area contributed by atoms with Gasteiger partial charge in [-0.3, -0.25) is 9.78 Å². The lowest BCUT2D eigenvalue weighted by molar-refractivity contribution is 0.829. The fraction of sp³-hybridized carbons (Fsp3) is 0.0833. The molecule has 0 aliphatic carbocycles. The Bertz CT molecular complexity index is 726. The van der Waals surface area contributed by atoms with E-state index in [0.717, 1.165) is 16.3 Å². The van der Waals surface area contributed by atoms with Gasteiger partial charge < -0.3 is 0 Å². The van der Waals surface area contributed by atoms with E-state index in [0.29, 0.717) is 5.69 Å². The van der Waals surface area contributed by atoms with Crippen molar-refractivity contribution in [1.82, 2.24) is 9.55 Å². The number of thioether (sulfide) groups is 1. The Balaban J connectivity index is 2.83. The minimum atomic E-state index is -0.611. The Morgan fingerprint density at radius 3 is 2.50 bits per heavy atom. The molecule has 0 aliphatic rings. The average molecular weight is 259 g/mol. The second-order valence-electron chi connectivity index (χ2n) is 3.43. The Morgan fingerprint density at radius 2 is 1.94 bits per heavy atom. The molecule has 0 saturated heterocycles. The second-order valence-corrected chi connectivity index (χ2v) is 4.24. The summed E-state index contributed by atoms with van der Waals surface area (Å²) in [5, 5.41) is 8.88. The molecule has 0 aliphatic heterocycles. The van der Waals surface area contributed by atoms with Crippen molar-refractivity contribution in [3.63, 3.8) is 0 Å². The zero-order valence-electron chi connectivity index (χ0n) is 9.51. The van der Waals surface area contributed by atoms with Crippen LogP contribution >= 0.6 is 11.8 Å².